The van der Waals surface area contributed by atoms with Gasteiger partial charge in [-0.25, -0.2) is 4.79 Å². The van der Waals surface area contributed by atoms with Gasteiger partial charge in [0, 0.05) is 10.3 Å². The lowest BCUT2D eigenvalue weighted by Crippen LogP contribution is -2.27. The Morgan fingerprint density at radius 2 is 1.88 bits per heavy atom. The van der Waals surface area contributed by atoms with E-state index in [2.05, 4.69) is 32.6 Å². The molecule has 0 N–H and O–H groups in total. The maximum atomic E-state index is 11.8. The van der Waals surface area contributed by atoms with E-state index in [-0.39, 0.29) is 5.97 Å². The fourth-order valence-electron chi connectivity index (χ4n) is 3.26. The first-order chi connectivity index (χ1) is 11.6. The molecule has 1 atom stereocenters. The van der Waals surface area contributed by atoms with Crippen molar-refractivity contribution >= 4 is 17.3 Å². The van der Waals surface area contributed by atoms with Gasteiger partial charge in [0.15, 0.2) is 0 Å². The van der Waals surface area contributed by atoms with Gasteiger partial charge < -0.3 is 9.64 Å². The quantitative estimate of drug-likeness (QED) is 0.456. The number of hydrogen-bond donors (Lipinski definition) is 0. The third kappa shape index (κ3) is 6.21. The minimum atomic E-state index is -0.210. The monoisotopic (exact) mass is 353 g/mol. The number of nitrogens with zero attached hydrogens (tertiary/aromatic N) is 1. The molecule has 0 fully saturated rings. The second-order valence-electron chi connectivity index (χ2n) is 6.57. The second-order valence-corrected chi connectivity index (χ2v) is 7.48. The third-order valence-electron chi connectivity index (χ3n) is 4.74. The third-order valence-corrected chi connectivity index (χ3v) is 5.99. The highest BCUT2D eigenvalue weighted by Gasteiger charge is 2.20. The number of thiophene rings is 1. The number of hydrogen-bond acceptors (Lipinski definition) is 4. The molecule has 1 aromatic rings. The summed E-state index contributed by atoms with van der Waals surface area (Å²) in [5, 5.41) is 1.96. The molecule has 1 rings (SSSR count). The SMILES string of the molecule is CCCCN(CCC)CCCC(CC)c1scc(C(=O)OC)c1C. The smallest absolute Gasteiger partial charge is 0.338 e. The number of carbonyl (C=O) groups excluding carboxylic acids is 1. The van der Waals surface area contributed by atoms with E-state index in [0.29, 0.717) is 5.92 Å². The minimum absolute atomic E-state index is 0.210. The Bertz CT molecular complexity index is 484. The number of esters is 1. The molecule has 0 aliphatic heterocycles. The van der Waals surface area contributed by atoms with Crippen molar-refractivity contribution in [2.75, 3.05) is 26.7 Å². The lowest BCUT2D eigenvalue weighted by Gasteiger charge is -2.23. The Balaban J connectivity index is 2.61. The molecule has 0 radical (unpaired) electrons. The summed E-state index contributed by atoms with van der Waals surface area (Å²) in [7, 11) is 1.45. The van der Waals surface area contributed by atoms with Crippen molar-refractivity contribution in [3.05, 3.63) is 21.4 Å². The molecule has 0 aliphatic carbocycles. The van der Waals surface area contributed by atoms with E-state index in [0.717, 1.165) is 17.5 Å². The molecule has 0 spiro atoms. The lowest BCUT2D eigenvalue weighted by molar-refractivity contribution is 0.0600. The second kappa shape index (κ2) is 11.6. The highest BCUT2D eigenvalue weighted by Crippen LogP contribution is 2.34. The summed E-state index contributed by atoms with van der Waals surface area (Å²) in [6.07, 6.45) is 7.35. The van der Waals surface area contributed by atoms with Crippen LogP contribution in [0.4, 0.5) is 0 Å². The van der Waals surface area contributed by atoms with Crippen LogP contribution >= 0.6 is 11.3 Å². The van der Waals surface area contributed by atoms with Crippen molar-refractivity contribution in [3.63, 3.8) is 0 Å². The Labute approximate surface area is 152 Å². The van der Waals surface area contributed by atoms with E-state index >= 15 is 0 Å². The van der Waals surface area contributed by atoms with Crippen LogP contribution in [0.2, 0.25) is 0 Å². The van der Waals surface area contributed by atoms with Crippen LogP contribution in [-0.4, -0.2) is 37.6 Å². The van der Waals surface area contributed by atoms with Gasteiger partial charge in [-0.1, -0.05) is 27.2 Å². The molecule has 24 heavy (non-hydrogen) atoms. The number of ether oxygens (including phenoxy) is 1. The maximum Gasteiger partial charge on any atom is 0.338 e. The Kier molecular flexibility index (Phi) is 10.3. The zero-order valence-corrected chi connectivity index (χ0v) is 17.0. The van der Waals surface area contributed by atoms with Gasteiger partial charge in [0.1, 0.15) is 0 Å². The van der Waals surface area contributed by atoms with Crippen molar-refractivity contribution in [1.29, 1.82) is 0 Å². The normalized spacial score (nSPS) is 12.6. The highest BCUT2D eigenvalue weighted by molar-refractivity contribution is 7.10. The van der Waals surface area contributed by atoms with E-state index in [1.165, 1.54) is 63.7 Å². The molecule has 3 nitrogen and oxygen atoms in total. The van der Waals surface area contributed by atoms with Crippen LogP contribution in [0.3, 0.4) is 0 Å². The number of unbranched alkanes of at least 4 members (excludes halogenated alkanes) is 1. The van der Waals surface area contributed by atoms with Crippen LogP contribution in [0.15, 0.2) is 5.38 Å². The molecule has 0 saturated heterocycles. The van der Waals surface area contributed by atoms with Crippen molar-refractivity contribution in [2.45, 2.75) is 72.1 Å². The molecule has 138 valence electrons. The zero-order valence-electron chi connectivity index (χ0n) is 16.2. The summed E-state index contributed by atoms with van der Waals surface area (Å²) < 4.78 is 4.88. The van der Waals surface area contributed by atoms with Crippen molar-refractivity contribution in [1.82, 2.24) is 4.90 Å². The fourth-order valence-corrected chi connectivity index (χ4v) is 4.54. The van der Waals surface area contributed by atoms with E-state index in [4.69, 9.17) is 4.74 Å². The van der Waals surface area contributed by atoms with Crippen molar-refractivity contribution in [2.24, 2.45) is 0 Å². The first kappa shape index (κ1) is 21.2. The van der Waals surface area contributed by atoms with Crippen molar-refractivity contribution in [3.8, 4) is 0 Å². The molecular weight excluding hydrogens is 318 g/mol. The van der Waals surface area contributed by atoms with Crippen LogP contribution in [0.25, 0.3) is 0 Å². The molecule has 0 saturated carbocycles. The van der Waals surface area contributed by atoms with Crippen LogP contribution in [0, 0.1) is 6.92 Å². The maximum absolute atomic E-state index is 11.8. The van der Waals surface area contributed by atoms with Gasteiger partial charge >= 0.3 is 5.97 Å². The average molecular weight is 354 g/mol. The molecule has 1 aromatic heterocycles. The predicted molar refractivity (Wildman–Crippen MR) is 104 cm³/mol. The van der Waals surface area contributed by atoms with Crippen molar-refractivity contribution < 1.29 is 9.53 Å². The first-order valence-electron chi connectivity index (χ1n) is 9.47. The summed E-state index contributed by atoms with van der Waals surface area (Å²) >= 11 is 1.72. The number of carbonyl (C=O) groups is 1. The summed E-state index contributed by atoms with van der Waals surface area (Å²) in [6, 6.07) is 0. The van der Waals surface area contributed by atoms with E-state index < -0.39 is 0 Å². The average Bonchev–Trinajstić information content (AvgIpc) is 2.97. The Hall–Kier alpha value is -0.870. The van der Waals surface area contributed by atoms with Crippen LogP contribution in [-0.2, 0) is 4.74 Å². The van der Waals surface area contributed by atoms with E-state index in [9.17, 15) is 4.79 Å². The van der Waals surface area contributed by atoms with Gasteiger partial charge in [-0.3, -0.25) is 0 Å². The highest BCUT2D eigenvalue weighted by atomic mass is 32.1. The van der Waals surface area contributed by atoms with Gasteiger partial charge in [0.25, 0.3) is 0 Å². The van der Waals surface area contributed by atoms with Gasteiger partial charge in [0.05, 0.1) is 12.7 Å². The minimum Gasteiger partial charge on any atom is -0.465 e. The molecule has 1 heterocycles. The number of rotatable bonds is 12. The number of methoxy groups -OCH3 is 1. The predicted octanol–water partition coefficient (Wildman–Crippen LogP) is 5.63. The summed E-state index contributed by atoms with van der Waals surface area (Å²) in [5.41, 5.74) is 1.86. The fraction of sp³-hybridized carbons (Fsp3) is 0.750. The lowest BCUT2D eigenvalue weighted by atomic mass is 9.94. The summed E-state index contributed by atoms with van der Waals surface area (Å²) in [6.45, 7) is 12.5. The standard InChI is InChI=1S/C20H35NO2S/c1-6-9-13-21(12-7-2)14-10-11-17(8-3)19-16(4)18(15-24-19)20(22)23-5/h15,17H,6-14H2,1-5H3. The molecule has 0 amide bonds. The largest absolute Gasteiger partial charge is 0.465 e. The molecule has 0 aliphatic rings. The summed E-state index contributed by atoms with van der Waals surface area (Å²) in [4.78, 5) is 15.8. The van der Waals surface area contributed by atoms with E-state index in [1.54, 1.807) is 11.3 Å². The van der Waals surface area contributed by atoms with Crippen LogP contribution in [0.1, 0.15) is 86.0 Å². The zero-order chi connectivity index (χ0) is 17.9. The first-order valence-corrected chi connectivity index (χ1v) is 10.3. The molecular formula is C20H35NO2S. The topological polar surface area (TPSA) is 29.5 Å². The van der Waals surface area contributed by atoms with Gasteiger partial charge in [-0.2, -0.15) is 0 Å². The molecule has 1 unspecified atom stereocenters. The van der Waals surface area contributed by atoms with Crippen LogP contribution in [0.5, 0.6) is 0 Å². The Morgan fingerprint density at radius 3 is 2.46 bits per heavy atom. The van der Waals surface area contributed by atoms with Gasteiger partial charge in [0.2, 0.25) is 0 Å². The molecule has 0 bridgehead atoms. The van der Waals surface area contributed by atoms with Gasteiger partial charge in [-0.15, -0.1) is 11.3 Å². The van der Waals surface area contributed by atoms with Crippen LogP contribution < -0.4 is 0 Å². The molecule has 4 heteroatoms. The molecule has 0 aromatic carbocycles. The van der Waals surface area contributed by atoms with Gasteiger partial charge in [-0.05, 0) is 70.1 Å². The summed E-state index contributed by atoms with van der Waals surface area (Å²) in [5.74, 6) is 0.349. The van der Waals surface area contributed by atoms with E-state index in [1.807, 2.05) is 5.38 Å². The Morgan fingerprint density at radius 1 is 1.17 bits per heavy atom.